The fraction of sp³-hybridized carbons (Fsp3) is 0.0435. The molecule has 4 rings (SSSR count). The third-order valence-electron chi connectivity index (χ3n) is 4.72. The molecule has 32 heavy (non-hydrogen) atoms. The Morgan fingerprint density at radius 3 is 2.69 bits per heavy atom. The van der Waals surface area contributed by atoms with Crippen LogP contribution in [0, 0.1) is 11.3 Å². The van der Waals surface area contributed by atoms with Crippen molar-refractivity contribution in [1.29, 1.82) is 5.26 Å². The fourth-order valence-corrected chi connectivity index (χ4v) is 4.21. The Morgan fingerprint density at radius 2 is 1.97 bits per heavy atom. The van der Waals surface area contributed by atoms with Crippen molar-refractivity contribution in [2.24, 2.45) is 0 Å². The number of nitriles is 1. The molecule has 2 aromatic carbocycles. The minimum atomic E-state index is -1.13. The number of carbonyl (C=O) groups excluding carboxylic acids is 2. The van der Waals surface area contributed by atoms with Gasteiger partial charge in [0.2, 0.25) is 0 Å². The molecule has 0 atom stereocenters. The SMILES string of the molecule is N#Cc1ccccc1CN1C(=O)SC(=Cc2ccc(-c3ccc(C(=O)O)c(Cl)c3)o2)C1=O. The van der Waals surface area contributed by atoms with Gasteiger partial charge in [-0.3, -0.25) is 14.5 Å². The van der Waals surface area contributed by atoms with E-state index in [1.54, 1.807) is 42.5 Å². The number of carboxylic acids is 1. The van der Waals surface area contributed by atoms with E-state index in [2.05, 4.69) is 6.07 Å². The number of rotatable bonds is 5. The maximum absolute atomic E-state index is 12.8. The lowest BCUT2D eigenvalue weighted by Crippen LogP contribution is -2.27. The zero-order valence-corrected chi connectivity index (χ0v) is 17.8. The van der Waals surface area contributed by atoms with Crippen LogP contribution in [0.25, 0.3) is 17.4 Å². The molecule has 1 N–H and O–H groups in total. The van der Waals surface area contributed by atoms with E-state index in [1.807, 2.05) is 0 Å². The predicted octanol–water partition coefficient (Wildman–Crippen LogP) is 5.41. The number of hydrogen-bond acceptors (Lipinski definition) is 6. The van der Waals surface area contributed by atoms with E-state index in [9.17, 15) is 19.6 Å². The van der Waals surface area contributed by atoms with Crippen LogP contribution in [0.5, 0.6) is 0 Å². The van der Waals surface area contributed by atoms with Gasteiger partial charge in [-0.2, -0.15) is 5.26 Å². The first-order valence-corrected chi connectivity index (χ1v) is 10.4. The molecule has 1 aromatic heterocycles. The van der Waals surface area contributed by atoms with Crippen molar-refractivity contribution in [3.63, 3.8) is 0 Å². The highest BCUT2D eigenvalue weighted by Crippen LogP contribution is 2.35. The van der Waals surface area contributed by atoms with Crippen LogP contribution in [0.4, 0.5) is 4.79 Å². The summed E-state index contributed by atoms with van der Waals surface area (Å²) in [6.45, 7) is 0.00354. The number of hydrogen-bond donors (Lipinski definition) is 1. The Labute approximate surface area is 191 Å². The van der Waals surface area contributed by atoms with Gasteiger partial charge in [0.05, 0.1) is 33.7 Å². The zero-order chi connectivity index (χ0) is 22.8. The zero-order valence-electron chi connectivity index (χ0n) is 16.2. The summed E-state index contributed by atoms with van der Waals surface area (Å²) in [6.07, 6.45) is 1.47. The normalized spacial score (nSPS) is 14.8. The van der Waals surface area contributed by atoms with Gasteiger partial charge in [-0.05, 0) is 47.7 Å². The van der Waals surface area contributed by atoms with E-state index in [4.69, 9.17) is 21.1 Å². The fourth-order valence-electron chi connectivity index (χ4n) is 3.13. The highest BCUT2D eigenvalue weighted by atomic mass is 35.5. The second kappa shape index (κ2) is 8.75. The van der Waals surface area contributed by atoms with Gasteiger partial charge in [0.1, 0.15) is 11.5 Å². The summed E-state index contributed by atoms with van der Waals surface area (Å²) in [6, 6.07) is 16.6. The molecule has 0 bridgehead atoms. The molecule has 1 fully saturated rings. The molecule has 1 saturated heterocycles. The third kappa shape index (κ3) is 4.17. The Balaban J connectivity index is 1.55. The van der Waals surface area contributed by atoms with Gasteiger partial charge in [-0.25, -0.2) is 4.79 Å². The number of furan rings is 1. The molecule has 3 aromatic rings. The number of imide groups is 1. The van der Waals surface area contributed by atoms with E-state index in [0.29, 0.717) is 28.2 Å². The van der Waals surface area contributed by atoms with Crippen LogP contribution < -0.4 is 0 Å². The summed E-state index contributed by atoms with van der Waals surface area (Å²) >= 11 is 6.80. The summed E-state index contributed by atoms with van der Waals surface area (Å²) in [7, 11) is 0. The quantitative estimate of drug-likeness (QED) is 0.502. The first kappa shape index (κ1) is 21.4. The predicted molar refractivity (Wildman–Crippen MR) is 119 cm³/mol. The van der Waals surface area contributed by atoms with Gasteiger partial charge >= 0.3 is 5.97 Å². The minimum Gasteiger partial charge on any atom is -0.478 e. The Bertz CT molecular complexity index is 1340. The summed E-state index contributed by atoms with van der Waals surface area (Å²) < 4.78 is 5.74. The highest BCUT2D eigenvalue weighted by molar-refractivity contribution is 8.18. The highest BCUT2D eigenvalue weighted by Gasteiger charge is 2.35. The molecule has 0 saturated carbocycles. The molecule has 2 amide bonds. The monoisotopic (exact) mass is 464 g/mol. The number of halogens is 1. The molecular weight excluding hydrogens is 452 g/mol. The maximum atomic E-state index is 12.8. The second-order valence-corrected chi connectivity index (χ2v) is 8.14. The molecule has 2 heterocycles. The number of thioether (sulfide) groups is 1. The lowest BCUT2D eigenvalue weighted by molar-refractivity contribution is -0.123. The molecule has 0 spiro atoms. The molecule has 158 valence electrons. The van der Waals surface area contributed by atoms with Crippen LogP contribution in [0.1, 0.15) is 27.2 Å². The average molecular weight is 465 g/mol. The largest absolute Gasteiger partial charge is 0.478 e. The first-order valence-electron chi connectivity index (χ1n) is 9.24. The number of amides is 2. The summed E-state index contributed by atoms with van der Waals surface area (Å²) in [5.41, 5.74) is 1.54. The van der Waals surface area contributed by atoms with Crippen molar-refractivity contribution < 1.29 is 23.9 Å². The molecular formula is C23H13ClN2O5S. The number of aromatic carboxylic acids is 1. The topological polar surface area (TPSA) is 112 Å². The van der Waals surface area contributed by atoms with Crippen molar-refractivity contribution in [2.75, 3.05) is 0 Å². The smallest absolute Gasteiger partial charge is 0.337 e. The van der Waals surface area contributed by atoms with E-state index in [0.717, 1.165) is 16.7 Å². The van der Waals surface area contributed by atoms with Crippen molar-refractivity contribution in [3.8, 4) is 17.4 Å². The van der Waals surface area contributed by atoms with E-state index >= 15 is 0 Å². The lowest BCUT2D eigenvalue weighted by Gasteiger charge is -2.13. The van der Waals surface area contributed by atoms with Gasteiger partial charge in [0.25, 0.3) is 11.1 Å². The van der Waals surface area contributed by atoms with Crippen LogP contribution in [0.2, 0.25) is 5.02 Å². The van der Waals surface area contributed by atoms with Crippen molar-refractivity contribution in [3.05, 3.63) is 87.0 Å². The molecule has 0 radical (unpaired) electrons. The average Bonchev–Trinajstić information content (AvgIpc) is 3.34. The van der Waals surface area contributed by atoms with Crippen LogP contribution in [-0.2, 0) is 11.3 Å². The van der Waals surface area contributed by atoms with Crippen LogP contribution >= 0.6 is 23.4 Å². The van der Waals surface area contributed by atoms with Crippen LogP contribution in [0.15, 0.2) is 63.9 Å². The lowest BCUT2D eigenvalue weighted by atomic mass is 10.1. The second-order valence-electron chi connectivity index (χ2n) is 6.74. The summed E-state index contributed by atoms with van der Waals surface area (Å²) in [4.78, 5) is 37.5. The maximum Gasteiger partial charge on any atom is 0.337 e. The number of carboxylic acid groups (broad SMARTS) is 1. The van der Waals surface area contributed by atoms with Gasteiger partial charge < -0.3 is 9.52 Å². The van der Waals surface area contributed by atoms with E-state index in [1.165, 1.54) is 18.2 Å². The molecule has 1 aliphatic heterocycles. The Hall–Kier alpha value is -3.80. The number of carbonyl (C=O) groups is 3. The summed E-state index contributed by atoms with van der Waals surface area (Å²) in [5, 5.41) is 17.9. The Morgan fingerprint density at radius 1 is 1.19 bits per heavy atom. The standard InChI is InChI=1S/C23H13ClN2O5S/c24-18-9-13(5-7-17(18)22(28)29)19-8-6-16(31-19)10-20-21(27)26(23(30)32-20)12-15-4-2-1-3-14(15)11-25/h1-10H,12H2,(H,28,29). The Kier molecular flexibility index (Phi) is 5.86. The molecule has 0 unspecified atom stereocenters. The first-order chi connectivity index (χ1) is 15.4. The van der Waals surface area contributed by atoms with Crippen molar-refractivity contribution in [1.82, 2.24) is 4.90 Å². The molecule has 0 aliphatic carbocycles. The molecule has 1 aliphatic rings. The third-order valence-corrected chi connectivity index (χ3v) is 5.94. The van der Waals surface area contributed by atoms with Crippen LogP contribution in [-0.4, -0.2) is 27.1 Å². The number of nitrogens with zero attached hydrogens (tertiary/aromatic N) is 2. The number of benzene rings is 2. The van der Waals surface area contributed by atoms with Gasteiger partial charge in [-0.1, -0.05) is 35.9 Å². The van der Waals surface area contributed by atoms with E-state index < -0.39 is 17.1 Å². The van der Waals surface area contributed by atoms with E-state index in [-0.39, 0.29) is 22.0 Å². The van der Waals surface area contributed by atoms with Crippen LogP contribution in [0.3, 0.4) is 0 Å². The van der Waals surface area contributed by atoms with Crippen molar-refractivity contribution >= 4 is 46.6 Å². The van der Waals surface area contributed by atoms with Crippen molar-refractivity contribution in [2.45, 2.75) is 6.54 Å². The van der Waals surface area contributed by atoms with Gasteiger partial charge in [0, 0.05) is 11.6 Å². The van der Waals surface area contributed by atoms with Gasteiger partial charge in [0.15, 0.2) is 0 Å². The van der Waals surface area contributed by atoms with Gasteiger partial charge in [-0.15, -0.1) is 0 Å². The summed E-state index contributed by atoms with van der Waals surface area (Å²) in [5.74, 6) is -0.826. The molecule has 9 heteroatoms. The minimum absolute atomic E-state index is 0.00354. The molecule has 7 nitrogen and oxygen atoms in total.